The predicted octanol–water partition coefficient (Wildman–Crippen LogP) is 2.58. The van der Waals surface area contributed by atoms with E-state index in [9.17, 15) is 14.4 Å². The number of likely N-dealkylation sites (tertiary alicyclic amines) is 1. The molecule has 1 N–H and O–H groups in total. The molecule has 1 aliphatic carbocycles. The van der Waals surface area contributed by atoms with Crippen LogP contribution in [0.2, 0.25) is 0 Å². The maximum absolute atomic E-state index is 13.8. The molecule has 1 saturated carbocycles. The van der Waals surface area contributed by atoms with E-state index in [-0.39, 0.29) is 36.7 Å². The number of hydrogen-bond donors (Lipinski definition) is 1. The van der Waals surface area contributed by atoms with E-state index in [0.29, 0.717) is 11.5 Å². The summed E-state index contributed by atoms with van der Waals surface area (Å²) >= 11 is 6.43. The molecule has 9 heteroatoms. The monoisotopic (exact) mass is 484 g/mol. The number of halogens is 1. The van der Waals surface area contributed by atoms with Crippen LogP contribution in [0.25, 0.3) is 5.69 Å². The SMILES string of the molecule is C[C@H]1CC[C@H](C(NC(=O)c2cccc(-n3ccnc3)c2)C(=O)N2C[C@H](Cl)[C@H]3OCC(=O)[C@H]32)CC1. The lowest BCUT2D eigenvalue weighted by molar-refractivity contribution is -0.139. The Kier molecular flexibility index (Phi) is 6.44. The van der Waals surface area contributed by atoms with Gasteiger partial charge in [-0.05, 0) is 42.9 Å². The van der Waals surface area contributed by atoms with Gasteiger partial charge in [-0.3, -0.25) is 14.4 Å². The first-order valence-electron chi connectivity index (χ1n) is 11.9. The van der Waals surface area contributed by atoms with Gasteiger partial charge >= 0.3 is 0 Å². The van der Waals surface area contributed by atoms with Crippen LogP contribution in [0.4, 0.5) is 0 Å². The van der Waals surface area contributed by atoms with E-state index in [4.69, 9.17) is 16.3 Å². The summed E-state index contributed by atoms with van der Waals surface area (Å²) in [6.45, 7) is 2.43. The minimum Gasteiger partial charge on any atom is -0.366 e. The lowest BCUT2D eigenvalue weighted by Crippen LogP contribution is -2.55. The Bertz CT molecular complexity index is 1070. The highest BCUT2D eigenvalue weighted by Crippen LogP contribution is 2.35. The number of Topliss-reactive ketones (excluding diaryl/α,β-unsaturated/α-hetero) is 1. The molecule has 1 aromatic carbocycles. The van der Waals surface area contributed by atoms with Gasteiger partial charge in [0.25, 0.3) is 5.91 Å². The van der Waals surface area contributed by atoms with E-state index in [1.54, 1.807) is 41.8 Å². The fraction of sp³-hybridized carbons (Fsp3) is 0.520. The molecule has 0 spiro atoms. The summed E-state index contributed by atoms with van der Waals surface area (Å²) in [6, 6.07) is 5.82. The van der Waals surface area contributed by atoms with E-state index in [1.165, 1.54) is 0 Å². The largest absolute Gasteiger partial charge is 0.366 e. The first-order chi connectivity index (χ1) is 16.4. The Morgan fingerprint density at radius 2 is 2.03 bits per heavy atom. The van der Waals surface area contributed by atoms with Crippen molar-refractivity contribution < 1.29 is 19.1 Å². The minimum absolute atomic E-state index is 0.00901. The number of nitrogens with one attached hydrogen (secondary N) is 1. The second kappa shape index (κ2) is 9.50. The Balaban J connectivity index is 1.39. The molecule has 0 radical (unpaired) electrons. The molecule has 2 amide bonds. The molecule has 4 atom stereocenters. The van der Waals surface area contributed by atoms with Gasteiger partial charge in [0, 0.05) is 30.2 Å². The molecule has 1 unspecified atom stereocenters. The fourth-order valence-electron chi connectivity index (χ4n) is 5.45. The Labute approximate surface area is 203 Å². The van der Waals surface area contributed by atoms with E-state index < -0.39 is 23.6 Å². The van der Waals surface area contributed by atoms with Gasteiger partial charge < -0.3 is 19.5 Å². The van der Waals surface area contributed by atoms with Gasteiger partial charge in [-0.15, -0.1) is 11.6 Å². The van der Waals surface area contributed by atoms with E-state index in [0.717, 1.165) is 31.4 Å². The molecule has 3 aliphatic rings. The van der Waals surface area contributed by atoms with Gasteiger partial charge in [0.2, 0.25) is 5.91 Å². The quantitative estimate of drug-likeness (QED) is 0.658. The number of nitrogens with zero attached hydrogens (tertiary/aromatic N) is 3. The molecule has 5 rings (SSSR count). The average Bonchev–Trinajstić information content (AvgIpc) is 3.58. The maximum Gasteiger partial charge on any atom is 0.252 e. The van der Waals surface area contributed by atoms with E-state index >= 15 is 0 Å². The van der Waals surface area contributed by atoms with Gasteiger partial charge in [0.15, 0.2) is 5.78 Å². The van der Waals surface area contributed by atoms with Gasteiger partial charge in [-0.2, -0.15) is 0 Å². The number of amides is 2. The molecule has 180 valence electrons. The zero-order valence-corrected chi connectivity index (χ0v) is 19.9. The summed E-state index contributed by atoms with van der Waals surface area (Å²) < 4.78 is 7.37. The van der Waals surface area contributed by atoms with Crippen molar-refractivity contribution >= 4 is 29.2 Å². The van der Waals surface area contributed by atoms with Crippen molar-refractivity contribution in [3.63, 3.8) is 0 Å². The highest BCUT2D eigenvalue weighted by Gasteiger charge is 2.53. The van der Waals surface area contributed by atoms with Crippen molar-refractivity contribution in [2.45, 2.75) is 56.2 Å². The van der Waals surface area contributed by atoms with Crippen LogP contribution in [0, 0.1) is 11.8 Å². The third kappa shape index (κ3) is 4.36. The van der Waals surface area contributed by atoms with Crippen molar-refractivity contribution in [3.8, 4) is 5.69 Å². The standard InChI is InChI=1S/C25H29ClN4O4/c1-15-5-7-16(8-6-15)21(25(33)30-12-19(26)23-22(30)20(31)13-34-23)28-24(32)17-3-2-4-18(11-17)29-10-9-27-14-29/h2-4,9-11,14-16,19,21-23H,5-8,12-13H2,1H3,(H,28,32)/t15-,16-,19-,21?,22+,23+/m0/s1. The van der Waals surface area contributed by atoms with Crippen molar-refractivity contribution in [1.82, 2.24) is 19.8 Å². The number of rotatable bonds is 5. The van der Waals surface area contributed by atoms with Gasteiger partial charge in [0.1, 0.15) is 24.8 Å². The lowest BCUT2D eigenvalue weighted by Gasteiger charge is -2.35. The normalized spacial score (nSPS) is 29.6. The number of aromatic nitrogens is 2. The van der Waals surface area contributed by atoms with Crippen molar-refractivity contribution in [3.05, 3.63) is 48.5 Å². The smallest absolute Gasteiger partial charge is 0.252 e. The summed E-state index contributed by atoms with van der Waals surface area (Å²) in [4.78, 5) is 45.2. The van der Waals surface area contributed by atoms with Gasteiger partial charge in [-0.25, -0.2) is 4.98 Å². The number of carbonyl (C=O) groups excluding carboxylic acids is 3. The summed E-state index contributed by atoms with van der Waals surface area (Å²) in [6.07, 6.45) is 8.38. The number of imidazole rings is 1. The molecule has 3 fully saturated rings. The molecule has 8 nitrogen and oxygen atoms in total. The highest BCUT2D eigenvalue weighted by molar-refractivity contribution is 6.22. The molecule has 2 aliphatic heterocycles. The molecule has 1 aromatic heterocycles. The van der Waals surface area contributed by atoms with E-state index in [2.05, 4.69) is 17.2 Å². The van der Waals surface area contributed by atoms with Crippen LogP contribution in [-0.2, 0) is 14.3 Å². The second-order valence-electron chi connectivity index (χ2n) is 9.68. The molecule has 2 aromatic rings. The Hall–Kier alpha value is -2.71. The first kappa shape index (κ1) is 23.1. The number of hydrogen-bond acceptors (Lipinski definition) is 5. The molecular formula is C25H29ClN4O4. The van der Waals surface area contributed by atoms with Crippen LogP contribution in [0.15, 0.2) is 43.0 Å². The molecule has 34 heavy (non-hydrogen) atoms. The topological polar surface area (TPSA) is 93.5 Å². The van der Waals surface area contributed by atoms with Crippen molar-refractivity contribution in [2.75, 3.05) is 13.2 Å². The van der Waals surface area contributed by atoms with Crippen molar-refractivity contribution in [2.24, 2.45) is 11.8 Å². The van der Waals surface area contributed by atoms with Crippen LogP contribution < -0.4 is 5.32 Å². The number of alkyl halides is 1. The number of ether oxygens (including phenoxy) is 1. The van der Waals surface area contributed by atoms with Crippen LogP contribution in [0.5, 0.6) is 0 Å². The summed E-state index contributed by atoms with van der Waals surface area (Å²) in [5.41, 5.74) is 1.27. The van der Waals surface area contributed by atoms with Crippen LogP contribution in [-0.4, -0.2) is 68.8 Å². The second-order valence-corrected chi connectivity index (χ2v) is 10.2. The van der Waals surface area contributed by atoms with Crippen LogP contribution in [0.3, 0.4) is 0 Å². The summed E-state index contributed by atoms with van der Waals surface area (Å²) in [5, 5.41) is 2.59. The maximum atomic E-state index is 13.8. The third-order valence-electron chi connectivity index (χ3n) is 7.40. The molecule has 2 saturated heterocycles. The number of fused-ring (bicyclic) bond motifs is 1. The fourth-order valence-corrected chi connectivity index (χ4v) is 5.81. The van der Waals surface area contributed by atoms with Gasteiger partial charge in [0.05, 0.1) is 11.7 Å². The van der Waals surface area contributed by atoms with Crippen molar-refractivity contribution in [1.29, 1.82) is 0 Å². The summed E-state index contributed by atoms with van der Waals surface area (Å²) in [7, 11) is 0. The average molecular weight is 485 g/mol. The van der Waals surface area contributed by atoms with Crippen LogP contribution in [0.1, 0.15) is 43.0 Å². The molecule has 3 heterocycles. The van der Waals surface area contributed by atoms with Gasteiger partial charge in [-0.1, -0.05) is 25.8 Å². The van der Waals surface area contributed by atoms with Crippen LogP contribution >= 0.6 is 11.6 Å². The first-order valence-corrected chi connectivity index (χ1v) is 12.3. The molecule has 0 bridgehead atoms. The molecular weight excluding hydrogens is 456 g/mol. The predicted molar refractivity (Wildman–Crippen MR) is 126 cm³/mol. The zero-order chi connectivity index (χ0) is 23.8. The number of benzene rings is 1. The Morgan fingerprint density at radius 1 is 1.24 bits per heavy atom. The zero-order valence-electron chi connectivity index (χ0n) is 19.1. The summed E-state index contributed by atoms with van der Waals surface area (Å²) in [5.74, 6) is -0.0730. The minimum atomic E-state index is -0.715. The Morgan fingerprint density at radius 3 is 2.76 bits per heavy atom. The lowest BCUT2D eigenvalue weighted by atomic mass is 9.78. The third-order valence-corrected chi connectivity index (χ3v) is 7.79. The number of carbonyl (C=O) groups is 3. The highest BCUT2D eigenvalue weighted by atomic mass is 35.5. The number of ketones is 1. The van der Waals surface area contributed by atoms with E-state index in [1.807, 2.05) is 10.6 Å².